The molecule has 0 radical (unpaired) electrons. The van der Waals surface area contributed by atoms with Gasteiger partial charge in [-0.3, -0.25) is 0 Å². The summed E-state index contributed by atoms with van der Waals surface area (Å²) in [6, 6.07) is 10.2. The van der Waals surface area contributed by atoms with Crippen molar-refractivity contribution in [1.29, 1.82) is 0 Å². The van der Waals surface area contributed by atoms with E-state index >= 15 is 0 Å². The van der Waals surface area contributed by atoms with Crippen molar-refractivity contribution in [2.75, 3.05) is 25.1 Å². The number of nitrogens with one attached hydrogen (secondary N) is 1. The predicted molar refractivity (Wildman–Crippen MR) is 146 cm³/mol. The minimum Gasteiger partial charge on any atom is -0.488 e. The molecule has 0 aliphatic carbocycles. The number of ether oxygens (including phenoxy) is 2. The number of anilines is 2. The fourth-order valence-corrected chi connectivity index (χ4v) is 5.57. The molecule has 1 aromatic carbocycles. The van der Waals surface area contributed by atoms with Gasteiger partial charge in [0.25, 0.3) is 0 Å². The van der Waals surface area contributed by atoms with Gasteiger partial charge in [-0.2, -0.15) is 0 Å². The monoisotopic (exact) mass is 541 g/mol. The molecule has 3 aromatic heterocycles. The average molecular weight is 542 g/mol. The molecule has 194 valence electrons. The van der Waals surface area contributed by atoms with Gasteiger partial charge in [-0.05, 0) is 55.0 Å². The molecule has 2 N–H and O–H groups in total. The quantitative estimate of drug-likeness (QED) is 0.184. The standard InChI is InChI=1S/C27H28FN3O4S2/c1-4-34-9-10-35-21-8-7-17(14-20(21)28)24-23(12-16(2)3)37-27(30-24)31-25-19(26(32)33)13-18(15-29-25)22-6-5-11-36-22/h5-8,11,13-16H,4,9-10,12H2,1-3H3,(H,32,33)(H,29,30,31). The number of aromatic carboxylic acids is 1. The minimum atomic E-state index is -1.09. The molecule has 0 unspecified atom stereocenters. The fraction of sp³-hybridized carbons (Fsp3) is 0.296. The van der Waals surface area contributed by atoms with Crippen molar-refractivity contribution >= 4 is 39.6 Å². The summed E-state index contributed by atoms with van der Waals surface area (Å²) in [4.78, 5) is 23.0. The molecule has 0 atom stereocenters. The highest BCUT2D eigenvalue weighted by atomic mass is 32.1. The van der Waals surface area contributed by atoms with Crippen LogP contribution in [0.2, 0.25) is 0 Å². The van der Waals surface area contributed by atoms with Gasteiger partial charge >= 0.3 is 5.97 Å². The lowest BCUT2D eigenvalue weighted by Crippen LogP contribution is -2.07. The third kappa shape index (κ3) is 6.71. The van der Waals surface area contributed by atoms with E-state index in [1.54, 1.807) is 24.4 Å². The van der Waals surface area contributed by atoms with Gasteiger partial charge in [0.15, 0.2) is 16.7 Å². The summed E-state index contributed by atoms with van der Waals surface area (Å²) in [6.45, 7) is 7.31. The maximum atomic E-state index is 14.8. The Balaban J connectivity index is 1.62. The van der Waals surface area contributed by atoms with Gasteiger partial charge in [-0.25, -0.2) is 19.2 Å². The Kier molecular flexibility index (Phi) is 8.86. The van der Waals surface area contributed by atoms with E-state index in [9.17, 15) is 14.3 Å². The van der Waals surface area contributed by atoms with E-state index in [4.69, 9.17) is 14.5 Å². The number of hydrogen-bond acceptors (Lipinski definition) is 8. The van der Waals surface area contributed by atoms with Gasteiger partial charge in [-0.1, -0.05) is 19.9 Å². The first-order valence-corrected chi connectivity index (χ1v) is 13.6. The lowest BCUT2D eigenvalue weighted by molar-refractivity contribution is 0.0697. The summed E-state index contributed by atoms with van der Waals surface area (Å²) in [5.41, 5.74) is 2.05. The topological polar surface area (TPSA) is 93.6 Å². The number of thiophene rings is 1. The Morgan fingerprint density at radius 1 is 1.19 bits per heavy atom. The highest BCUT2D eigenvalue weighted by Crippen LogP contribution is 2.36. The lowest BCUT2D eigenvalue weighted by atomic mass is 10.0. The average Bonchev–Trinajstić information content (AvgIpc) is 3.53. The zero-order valence-electron chi connectivity index (χ0n) is 20.8. The number of benzene rings is 1. The molecule has 4 rings (SSSR count). The fourth-order valence-electron chi connectivity index (χ4n) is 3.67. The molecule has 0 fully saturated rings. The number of carbonyl (C=O) groups is 1. The summed E-state index contributed by atoms with van der Waals surface area (Å²) in [7, 11) is 0. The van der Waals surface area contributed by atoms with Crippen LogP contribution in [-0.4, -0.2) is 40.9 Å². The van der Waals surface area contributed by atoms with E-state index in [0.717, 1.165) is 21.7 Å². The molecule has 4 aromatic rings. The highest BCUT2D eigenvalue weighted by Gasteiger charge is 2.19. The van der Waals surface area contributed by atoms with E-state index in [2.05, 4.69) is 24.1 Å². The molecule has 0 saturated carbocycles. The Morgan fingerprint density at radius 2 is 2.03 bits per heavy atom. The van der Waals surface area contributed by atoms with Gasteiger partial charge in [0, 0.05) is 33.7 Å². The first-order chi connectivity index (χ1) is 17.9. The molecule has 3 heterocycles. The van der Waals surface area contributed by atoms with Crippen LogP contribution < -0.4 is 10.1 Å². The largest absolute Gasteiger partial charge is 0.488 e. The number of aromatic nitrogens is 2. The summed E-state index contributed by atoms with van der Waals surface area (Å²) in [5, 5.41) is 15.3. The summed E-state index contributed by atoms with van der Waals surface area (Å²) in [6.07, 6.45) is 2.38. The van der Waals surface area contributed by atoms with Crippen LogP contribution in [0.5, 0.6) is 5.75 Å². The molecule has 0 spiro atoms. The maximum Gasteiger partial charge on any atom is 0.339 e. The number of hydrogen-bond donors (Lipinski definition) is 2. The second-order valence-electron chi connectivity index (χ2n) is 8.61. The number of pyridine rings is 1. The van der Waals surface area contributed by atoms with Gasteiger partial charge in [-0.15, -0.1) is 22.7 Å². The van der Waals surface area contributed by atoms with Crippen molar-refractivity contribution in [2.24, 2.45) is 5.92 Å². The Morgan fingerprint density at radius 3 is 2.70 bits per heavy atom. The van der Waals surface area contributed by atoms with E-state index in [1.165, 1.54) is 28.7 Å². The number of carboxylic acid groups (broad SMARTS) is 1. The van der Waals surface area contributed by atoms with Crippen molar-refractivity contribution in [1.82, 2.24) is 9.97 Å². The SMILES string of the molecule is CCOCCOc1ccc(-c2nc(Nc3ncc(-c4cccs4)cc3C(=O)O)sc2CC(C)C)cc1F. The van der Waals surface area contributed by atoms with Crippen LogP contribution in [-0.2, 0) is 11.2 Å². The molecular formula is C27H28FN3O4S2. The molecule has 37 heavy (non-hydrogen) atoms. The molecule has 7 nitrogen and oxygen atoms in total. The minimum absolute atomic E-state index is 0.0488. The zero-order chi connectivity index (χ0) is 26.4. The van der Waals surface area contributed by atoms with Crippen molar-refractivity contribution in [2.45, 2.75) is 27.2 Å². The molecule has 10 heteroatoms. The van der Waals surface area contributed by atoms with Crippen molar-refractivity contribution in [3.8, 4) is 27.4 Å². The lowest BCUT2D eigenvalue weighted by Gasteiger charge is -2.09. The highest BCUT2D eigenvalue weighted by molar-refractivity contribution is 7.16. The molecule has 0 bridgehead atoms. The van der Waals surface area contributed by atoms with E-state index in [-0.39, 0.29) is 23.7 Å². The van der Waals surface area contributed by atoms with Crippen molar-refractivity contribution in [3.63, 3.8) is 0 Å². The number of halogens is 1. The maximum absolute atomic E-state index is 14.8. The van der Waals surface area contributed by atoms with Crippen LogP contribution in [0, 0.1) is 11.7 Å². The van der Waals surface area contributed by atoms with Crippen LogP contribution in [0.25, 0.3) is 21.7 Å². The van der Waals surface area contributed by atoms with Gasteiger partial charge in [0.1, 0.15) is 18.0 Å². The van der Waals surface area contributed by atoms with Crippen LogP contribution in [0.15, 0.2) is 48.0 Å². The van der Waals surface area contributed by atoms with Crippen LogP contribution in [0.4, 0.5) is 15.3 Å². The first-order valence-electron chi connectivity index (χ1n) is 11.9. The van der Waals surface area contributed by atoms with Crippen molar-refractivity contribution < 1.29 is 23.8 Å². The molecule has 0 amide bonds. The Labute approximate surface area is 223 Å². The number of rotatable bonds is 12. The Hall–Kier alpha value is -3.34. The Bertz CT molecular complexity index is 1360. The molecule has 0 aliphatic rings. The normalized spacial score (nSPS) is 11.2. The van der Waals surface area contributed by atoms with E-state index < -0.39 is 11.8 Å². The second kappa shape index (κ2) is 12.3. The van der Waals surface area contributed by atoms with Gasteiger partial charge in [0.05, 0.1) is 12.3 Å². The third-order valence-corrected chi connectivity index (χ3v) is 7.25. The first kappa shape index (κ1) is 26.7. The summed E-state index contributed by atoms with van der Waals surface area (Å²) in [5.74, 6) is -0.867. The zero-order valence-corrected chi connectivity index (χ0v) is 22.4. The summed E-state index contributed by atoms with van der Waals surface area (Å²) >= 11 is 2.92. The summed E-state index contributed by atoms with van der Waals surface area (Å²) < 4.78 is 25.5. The predicted octanol–water partition coefficient (Wildman–Crippen LogP) is 7.13. The second-order valence-corrected chi connectivity index (χ2v) is 10.6. The number of thiazole rings is 1. The third-order valence-electron chi connectivity index (χ3n) is 5.33. The molecule has 0 saturated heterocycles. The van der Waals surface area contributed by atoms with Crippen LogP contribution in [0.3, 0.4) is 0 Å². The van der Waals surface area contributed by atoms with E-state index in [0.29, 0.717) is 35.5 Å². The van der Waals surface area contributed by atoms with E-state index in [1.807, 2.05) is 24.4 Å². The van der Waals surface area contributed by atoms with Crippen molar-refractivity contribution in [3.05, 3.63) is 64.2 Å². The van der Waals surface area contributed by atoms with Crippen LogP contribution in [0.1, 0.15) is 36.0 Å². The number of carboxylic acids is 1. The van der Waals surface area contributed by atoms with Gasteiger partial charge < -0.3 is 19.9 Å². The molecular weight excluding hydrogens is 513 g/mol. The number of nitrogens with zero attached hydrogens (tertiary/aromatic N) is 2. The smallest absolute Gasteiger partial charge is 0.339 e. The molecule has 0 aliphatic heterocycles. The van der Waals surface area contributed by atoms with Gasteiger partial charge in [0.2, 0.25) is 0 Å². The van der Waals surface area contributed by atoms with Crippen LogP contribution >= 0.6 is 22.7 Å².